The van der Waals surface area contributed by atoms with E-state index in [0.717, 1.165) is 19.0 Å². The SMILES string of the molecule is CC1CSCCN1c1nc(C2CC2)c(CNC(C)(C)C)s1. The molecule has 1 unspecified atom stereocenters. The molecular weight excluding hydrogens is 298 g/mol. The largest absolute Gasteiger partial charge is 0.344 e. The van der Waals surface area contributed by atoms with Gasteiger partial charge in [0, 0.05) is 47.0 Å². The van der Waals surface area contributed by atoms with Crippen LogP contribution in [0.5, 0.6) is 0 Å². The predicted octanol–water partition coefficient (Wildman–Crippen LogP) is 3.85. The molecule has 1 atom stereocenters. The third-order valence-corrected chi connectivity index (χ3v) is 6.37. The fourth-order valence-corrected chi connectivity index (χ4v) is 4.86. The van der Waals surface area contributed by atoms with Crippen molar-refractivity contribution in [3.63, 3.8) is 0 Å². The van der Waals surface area contributed by atoms with Crippen LogP contribution in [0.25, 0.3) is 0 Å². The van der Waals surface area contributed by atoms with Gasteiger partial charge in [0.05, 0.1) is 5.69 Å². The van der Waals surface area contributed by atoms with Crippen molar-refractivity contribution in [3.8, 4) is 0 Å². The number of aromatic nitrogens is 1. The van der Waals surface area contributed by atoms with Crippen LogP contribution in [0, 0.1) is 0 Å². The molecule has 3 rings (SSSR count). The van der Waals surface area contributed by atoms with E-state index >= 15 is 0 Å². The van der Waals surface area contributed by atoms with E-state index in [2.05, 4.69) is 49.7 Å². The standard InChI is InChI=1S/C16H27N3S2/c1-11-10-20-8-7-19(11)15-18-14(12-5-6-12)13(21-15)9-17-16(2,3)4/h11-12,17H,5-10H2,1-4H3. The average Bonchev–Trinajstić information content (AvgIpc) is 3.17. The number of hydrogen-bond acceptors (Lipinski definition) is 5. The third kappa shape index (κ3) is 3.93. The first kappa shape index (κ1) is 15.6. The Labute approximate surface area is 136 Å². The summed E-state index contributed by atoms with van der Waals surface area (Å²) < 4.78 is 0. The first-order valence-electron chi connectivity index (χ1n) is 8.03. The van der Waals surface area contributed by atoms with E-state index in [1.807, 2.05) is 11.3 Å². The number of rotatable bonds is 4. The molecule has 2 heterocycles. The van der Waals surface area contributed by atoms with Gasteiger partial charge in [0.1, 0.15) is 0 Å². The van der Waals surface area contributed by atoms with E-state index < -0.39 is 0 Å². The lowest BCUT2D eigenvalue weighted by Gasteiger charge is -2.32. The van der Waals surface area contributed by atoms with Gasteiger partial charge in [-0.25, -0.2) is 4.98 Å². The first-order valence-corrected chi connectivity index (χ1v) is 10.00. The highest BCUT2D eigenvalue weighted by molar-refractivity contribution is 7.99. The molecule has 1 saturated carbocycles. The van der Waals surface area contributed by atoms with Crippen LogP contribution in [0.1, 0.15) is 57.0 Å². The topological polar surface area (TPSA) is 28.2 Å². The number of nitrogens with one attached hydrogen (secondary N) is 1. The van der Waals surface area contributed by atoms with Crippen molar-refractivity contribution in [2.75, 3.05) is 23.0 Å². The summed E-state index contributed by atoms with van der Waals surface area (Å²) in [6, 6.07) is 0.616. The molecule has 2 fully saturated rings. The fourth-order valence-electron chi connectivity index (χ4n) is 2.63. The summed E-state index contributed by atoms with van der Waals surface area (Å²) in [6.45, 7) is 11.1. The van der Waals surface area contributed by atoms with E-state index in [-0.39, 0.29) is 5.54 Å². The van der Waals surface area contributed by atoms with Gasteiger partial charge in [-0.1, -0.05) is 0 Å². The Morgan fingerprint density at radius 2 is 2.10 bits per heavy atom. The zero-order valence-corrected chi connectivity index (χ0v) is 15.2. The second kappa shape index (κ2) is 6.09. The number of anilines is 1. The molecule has 1 N–H and O–H groups in total. The molecule has 1 aliphatic carbocycles. The average molecular weight is 326 g/mol. The number of hydrogen-bond donors (Lipinski definition) is 1. The monoisotopic (exact) mass is 325 g/mol. The maximum Gasteiger partial charge on any atom is 0.186 e. The van der Waals surface area contributed by atoms with E-state index in [1.54, 1.807) is 0 Å². The van der Waals surface area contributed by atoms with E-state index in [4.69, 9.17) is 4.98 Å². The molecular formula is C16H27N3S2. The van der Waals surface area contributed by atoms with Gasteiger partial charge in [0.15, 0.2) is 5.13 Å². The molecule has 0 aromatic carbocycles. The lowest BCUT2D eigenvalue weighted by molar-refractivity contribution is 0.425. The van der Waals surface area contributed by atoms with Gasteiger partial charge in [-0.05, 0) is 40.5 Å². The Kier molecular flexibility index (Phi) is 4.53. The summed E-state index contributed by atoms with van der Waals surface area (Å²) in [6.07, 6.45) is 2.66. The molecule has 2 aliphatic rings. The van der Waals surface area contributed by atoms with Crippen LogP contribution in [0.15, 0.2) is 0 Å². The van der Waals surface area contributed by atoms with Crippen molar-refractivity contribution in [2.45, 2.75) is 64.6 Å². The highest BCUT2D eigenvalue weighted by Crippen LogP contribution is 2.44. The second-order valence-corrected chi connectivity index (χ2v) is 9.51. The first-order chi connectivity index (χ1) is 9.94. The molecule has 21 heavy (non-hydrogen) atoms. The summed E-state index contributed by atoms with van der Waals surface area (Å²) in [4.78, 5) is 9.03. The quantitative estimate of drug-likeness (QED) is 0.910. The summed E-state index contributed by atoms with van der Waals surface area (Å²) in [7, 11) is 0. The minimum Gasteiger partial charge on any atom is -0.344 e. The molecule has 1 aliphatic heterocycles. The molecule has 1 saturated heterocycles. The van der Waals surface area contributed by atoms with E-state index in [1.165, 1.54) is 40.0 Å². The summed E-state index contributed by atoms with van der Waals surface area (Å²) >= 11 is 3.99. The van der Waals surface area contributed by atoms with E-state index in [9.17, 15) is 0 Å². The zero-order valence-electron chi connectivity index (χ0n) is 13.6. The molecule has 0 spiro atoms. The van der Waals surface area contributed by atoms with Crippen LogP contribution in [-0.2, 0) is 6.54 Å². The second-order valence-electron chi connectivity index (χ2n) is 7.30. The third-order valence-electron chi connectivity index (χ3n) is 4.07. The minimum absolute atomic E-state index is 0.167. The van der Waals surface area contributed by atoms with Gasteiger partial charge in [0.25, 0.3) is 0 Å². The van der Waals surface area contributed by atoms with Crippen molar-refractivity contribution >= 4 is 28.2 Å². The zero-order chi connectivity index (χ0) is 15.0. The Morgan fingerprint density at radius 3 is 2.71 bits per heavy atom. The van der Waals surface area contributed by atoms with Crippen LogP contribution in [0.3, 0.4) is 0 Å². The van der Waals surface area contributed by atoms with E-state index in [0.29, 0.717) is 6.04 Å². The van der Waals surface area contributed by atoms with Gasteiger partial charge in [0.2, 0.25) is 0 Å². The Bertz CT molecular complexity index is 488. The molecule has 1 aromatic heterocycles. The summed E-state index contributed by atoms with van der Waals surface area (Å²) in [5.41, 5.74) is 1.55. The Morgan fingerprint density at radius 1 is 1.33 bits per heavy atom. The maximum absolute atomic E-state index is 5.04. The molecule has 118 valence electrons. The van der Waals surface area contributed by atoms with Gasteiger partial charge in [-0.3, -0.25) is 0 Å². The summed E-state index contributed by atoms with van der Waals surface area (Å²) in [5.74, 6) is 3.20. The van der Waals surface area contributed by atoms with Gasteiger partial charge in [-0.2, -0.15) is 11.8 Å². The fraction of sp³-hybridized carbons (Fsp3) is 0.812. The maximum atomic E-state index is 5.04. The predicted molar refractivity (Wildman–Crippen MR) is 94.8 cm³/mol. The Hall–Kier alpha value is -0.260. The van der Waals surface area contributed by atoms with Crippen molar-refractivity contribution < 1.29 is 0 Å². The summed E-state index contributed by atoms with van der Waals surface area (Å²) in [5, 5.41) is 4.90. The smallest absolute Gasteiger partial charge is 0.186 e. The highest BCUT2D eigenvalue weighted by atomic mass is 32.2. The van der Waals surface area contributed by atoms with Crippen molar-refractivity contribution in [3.05, 3.63) is 10.6 Å². The lowest BCUT2D eigenvalue weighted by atomic mass is 10.1. The lowest BCUT2D eigenvalue weighted by Crippen LogP contribution is -2.40. The number of thiazole rings is 1. The number of nitrogens with zero attached hydrogens (tertiary/aromatic N) is 2. The molecule has 0 bridgehead atoms. The van der Waals surface area contributed by atoms with Gasteiger partial charge >= 0.3 is 0 Å². The van der Waals surface area contributed by atoms with Crippen LogP contribution in [-0.4, -0.2) is 34.6 Å². The van der Waals surface area contributed by atoms with Crippen molar-refractivity contribution in [1.82, 2.24) is 10.3 Å². The van der Waals surface area contributed by atoms with Crippen LogP contribution >= 0.6 is 23.1 Å². The normalized spacial score (nSPS) is 23.6. The van der Waals surface area contributed by atoms with Crippen LogP contribution in [0.4, 0.5) is 5.13 Å². The van der Waals surface area contributed by atoms with Gasteiger partial charge in [-0.15, -0.1) is 11.3 Å². The highest BCUT2D eigenvalue weighted by Gasteiger charge is 2.32. The van der Waals surface area contributed by atoms with Gasteiger partial charge < -0.3 is 10.2 Å². The molecule has 5 heteroatoms. The molecule has 3 nitrogen and oxygen atoms in total. The van der Waals surface area contributed by atoms with Crippen molar-refractivity contribution in [1.29, 1.82) is 0 Å². The Balaban J connectivity index is 1.79. The van der Waals surface area contributed by atoms with Crippen LogP contribution < -0.4 is 10.2 Å². The molecule has 1 aromatic rings. The minimum atomic E-state index is 0.167. The van der Waals surface area contributed by atoms with Crippen molar-refractivity contribution in [2.24, 2.45) is 0 Å². The molecule has 0 radical (unpaired) electrons. The number of thioether (sulfide) groups is 1. The van der Waals surface area contributed by atoms with Crippen LogP contribution in [0.2, 0.25) is 0 Å². The molecule has 0 amide bonds.